The van der Waals surface area contributed by atoms with Crippen molar-refractivity contribution in [3.8, 4) is 11.1 Å². The predicted octanol–water partition coefficient (Wildman–Crippen LogP) is 7.31. The number of hydrogen-bond acceptors (Lipinski definition) is 4. The second-order valence-corrected chi connectivity index (χ2v) is 13.8. The fourth-order valence-electron chi connectivity index (χ4n) is 5.55. The normalized spacial score (nSPS) is 16.9. The van der Waals surface area contributed by atoms with E-state index in [0.717, 1.165) is 11.2 Å². The summed E-state index contributed by atoms with van der Waals surface area (Å²) in [5, 5.41) is 0. The number of sulfonamides is 1. The molecular formula is C31H32F7N3O3S. The van der Waals surface area contributed by atoms with Crippen LogP contribution < -0.4 is 4.90 Å². The number of benzene rings is 2. The second kappa shape index (κ2) is 12.0. The summed E-state index contributed by atoms with van der Waals surface area (Å²) in [4.78, 5) is 19.6. The van der Waals surface area contributed by atoms with E-state index in [1.54, 1.807) is 13.0 Å². The Kier molecular flexibility index (Phi) is 9.17. The van der Waals surface area contributed by atoms with Crippen LogP contribution in [0.3, 0.4) is 0 Å². The summed E-state index contributed by atoms with van der Waals surface area (Å²) >= 11 is 0. The van der Waals surface area contributed by atoms with Crippen LogP contribution in [-0.4, -0.2) is 50.0 Å². The topological polar surface area (TPSA) is 70.6 Å². The maximum atomic E-state index is 14.1. The number of nitrogens with zero attached hydrogens (tertiary/aromatic N) is 3. The molecule has 1 saturated heterocycles. The largest absolute Gasteiger partial charge is 0.416 e. The number of halogens is 7. The number of rotatable bonds is 6. The Bertz CT molecular complexity index is 1690. The molecule has 3 aromatic rings. The summed E-state index contributed by atoms with van der Waals surface area (Å²) in [7, 11) is -2.14. The Morgan fingerprint density at radius 1 is 0.933 bits per heavy atom. The van der Waals surface area contributed by atoms with E-state index >= 15 is 0 Å². The van der Waals surface area contributed by atoms with Crippen molar-refractivity contribution in [1.82, 2.24) is 9.29 Å². The molecule has 0 bridgehead atoms. The van der Waals surface area contributed by atoms with Crippen molar-refractivity contribution in [2.45, 2.75) is 57.3 Å². The molecule has 1 aliphatic rings. The highest BCUT2D eigenvalue weighted by Crippen LogP contribution is 2.41. The van der Waals surface area contributed by atoms with Gasteiger partial charge < -0.3 is 4.90 Å². The molecule has 1 amide bonds. The van der Waals surface area contributed by atoms with Crippen LogP contribution in [0.2, 0.25) is 0 Å². The number of aromatic nitrogens is 1. The molecule has 1 atom stereocenters. The van der Waals surface area contributed by atoms with Crippen LogP contribution in [0.4, 0.5) is 36.4 Å². The van der Waals surface area contributed by atoms with E-state index in [-0.39, 0.29) is 24.2 Å². The van der Waals surface area contributed by atoms with Crippen molar-refractivity contribution in [3.05, 3.63) is 82.4 Å². The lowest BCUT2D eigenvalue weighted by Crippen LogP contribution is -2.42. The Hall–Kier alpha value is -3.52. The number of hydrogen-bond donors (Lipinski definition) is 0. The molecule has 6 nitrogen and oxygen atoms in total. The first-order chi connectivity index (χ1) is 20.6. The Morgan fingerprint density at radius 3 is 2.04 bits per heavy atom. The van der Waals surface area contributed by atoms with Crippen molar-refractivity contribution in [1.29, 1.82) is 0 Å². The Labute approximate surface area is 256 Å². The number of piperidine rings is 1. The highest BCUT2D eigenvalue weighted by Gasteiger charge is 2.41. The van der Waals surface area contributed by atoms with E-state index in [9.17, 15) is 43.9 Å². The third kappa shape index (κ3) is 7.32. The first-order valence-electron chi connectivity index (χ1n) is 13.9. The van der Waals surface area contributed by atoms with Crippen LogP contribution in [0, 0.1) is 12.7 Å². The summed E-state index contributed by atoms with van der Waals surface area (Å²) in [5.74, 6) is -1.64. The van der Waals surface area contributed by atoms with E-state index in [0.29, 0.717) is 53.9 Å². The zero-order valence-corrected chi connectivity index (χ0v) is 26.0. The number of amides is 1. The molecular weight excluding hydrogens is 627 g/mol. The van der Waals surface area contributed by atoms with Crippen LogP contribution in [0.1, 0.15) is 60.6 Å². The SMILES string of the molecule is Cc1cc(F)ccc1-c1cc(C2CCCN(S(C)(=O)=O)C2)ncc1N(C)C(=O)C(C)(C)c1cc(C(F)(F)F)cc(C(F)(F)F)c1. The minimum Gasteiger partial charge on any atom is -0.313 e. The molecule has 1 fully saturated rings. The Morgan fingerprint density at radius 2 is 1.51 bits per heavy atom. The van der Waals surface area contributed by atoms with Crippen LogP contribution in [0.15, 0.2) is 48.7 Å². The number of anilines is 1. The van der Waals surface area contributed by atoms with Crippen molar-refractivity contribution in [2.75, 3.05) is 31.3 Å². The van der Waals surface area contributed by atoms with Gasteiger partial charge in [0.25, 0.3) is 0 Å². The van der Waals surface area contributed by atoms with Crippen LogP contribution in [0.25, 0.3) is 11.1 Å². The zero-order chi connectivity index (χ0) is 33.7. The smallest absolute Gasteiger partial charge is 0.313 e. The van der Waals surface area contributed by atoms with E-state index in [2.05, 4.69) is 4.98 Å². The zero-order valence-electron chi connectivity index (χ0n) is 25.1. The summed E-state index contributed by atoms with van der Waals surface area (Å²) in [5.41, 5.74) is -3.37. The van der Waals surface area contributed by atoms with Gasteiger partial charge in [0.15, 0.2) is 0 Å². The number of carbonyl (C=O) groups is 1. The molecule has 14 heteroatoms. The summed E-state index contributed by atoms with van der Waals surface area (Å²) in [6, 6.07) is 6.71. The molecule has 0 spiro atoms. The van der Waals surface area contributed by atoms with Gasteiger partial charge in [0.05, 0.1) is 34.7 Å². The van der Waals surface area contributed by atoms with Gasteiger partial charge in [0.2, 0.25) is 15.9 Å². The van der Waals surface area contributed by atoms with Crippen LogP contribution >= 0.6 is 0 Å². The van der Waals surface area contributed by atoms with Gasteiger partial charge in [0.1, 0.15) is 5.82 Å². The fraction of sp³-hybridized carbons (Fsp3) is 0.419. The molecule has 0 radical (unpaired) electrons. The van der Waals surface area contributed by atoms with Gasteiger partial charge in [0, 0.05) is 37.3 Å². The van der Waals surface area contributed by atoms with Gasteiger partial charge >= 0.3 is 12.4 Å². The summed E-state index contributed by atoms with van der Waals surface area (Å²) < 4.78 is 121. The lowest BCUT2D eigenvalue weighted by Gasteiger charge is -2.33. The highest BCUT2D eigenvalue weighted by atomic mass is 32.2. The molecule has 2 aromatic carbocycles. The maximum absolute atomic E-state index is 14.1. The number of alkyl halides is 6. The standard InChI is InChI=1S/C31H32F7N3O3S/c1-18-11-23(32)8-9-24(18)25-15-26(19-7-6-10-41(17-19)45(5,43)44)39-16-27(25)40(4)28(42)29(2,3)20-12-21(30(33,34)35)14-22(13-20)31(36,37)38/h8-9,11-16,19H,6-7,10,17H2,1-5H3. The lowest BCUT2D eigenvalue weighted by atomic mass is 9.81. The molecule has 0 N–H and O–H groups in total. The average molecular weight is 660 g/mol. The molecule has 0 aliphatic carbocycles. The number of likely N-dealkylation sites (N-methyl/N-ethyl adjacent to an activating group) is 1. The van der Waals surface area contributed by atoms with Crippen LogP contribution in [-0.2, 0) is 32.6 Å². The first-order valence-corrected chi connectivity index (χ1v) is 15.7. The third-order valence-electron chi connectivity index (χ3n) is 8.16. The molecule has 45 heavy (non-hydrogen) atoms. The van der Waals surface area contributed by atoms with Gasteiger partial charge in [-0.1, -0.05) is 6.07 Å². The number of aryl methyl sites for hydroxylation is 1. The molecule has 244 valence electrons. The summed E-state index contributed by atoms with van der Waals surface area (Å²) in [6.07, 6.45) is -6.52. The van der Waals surface area contributed by atoms with Gasteiger partial charge in [-0.05, 0) is 86.7 Å². The third-order valence-corrected chi connectivity index (χ3v) is 9.43. The van der Waals surface area contributed by atoms with E-state index < -0.39 is 56.2 Å². The van der Waals surface area contributed by atoms with Gasteiger partial charge in [-0.2, -0.15) is 26.3 Å². The quantitative estimate of drug-likeness (QED) is 0.260. The van der Waals surface area contributed by atoms with E-state index in [1.807, 2.05) is 0 Å². The molecule has 1 aromatic heterocycles. The monoisotopic (exact) mass is 659 g/mol. The second-order valence-electron chi connectivity index (χ2n) is 11.8. The molecule has 4 rings (SSSR count). The van der Waals surface area contributed by atoms with Crippen molar-refractivity contribution < 1.29 is 43.9 Å². The number of carbonyl (C=O) groups excluding carboxylic acids is 1. The van der Waals surface area contributed by atoms with Crippen molar-refractivity contribution in [2.24, 2.45) is 0 Å². The minimum absolute atomic E-state index is 0.00198. The van der Waals surface area contributed by atoms with E-state index in [4.69, 9.17) is 0 Å². The average Bonchev–Trinajstić information content (AvgIpc) is 2.94. The number of pyridine rings is 1. The highest BCUT2D eigenvalue weighted by molar-refractivity contribution is 7.88. The Balaban J connectivity index is 1.82. The summed E-state index contributed by atoms with van der Waals surface area (Å²) in [6.45, 7) is 4.63. The van der Waals surface area contributed by atoms with Crippen molar-refractivity contribution >= 4 is 21.6 Å². The molecule has 2 heterocycles. The van der Waals surface area contributed by atoms with Gasteiger partial charge in [-0.15, -0.1) is 0 Å². The predicted molar refractivity (Wildman–Crippen MR) is 156 cm³/mol. The van der Waals surface area contributed by atoms with Crippen molar-refractivity contribution in [3.63, 3.8) is 0 Å². The van der Waals surface area contributed by atoms with Crippen LogP contribution in [0.5, 0.6) is 0 Å². The molecule has 1 unspecified atom stereocenters. The first kappa shape index (κ1) is 34.4. The minimum atomic E-state index is -5.10. The van der Waals surface area contributed by atoms with Gasteiger partial charge in [-0.25, -0.2) is 17.1 Å². The van der Waals surface area contributed by atoms with E-state index in [1.165, 1.54) is 49.6 Å². The maximum Gasteiger partial charge on any atom is 0.416 e. The fourth-order valence-corrected chi connectivity index (χ4v) is 6.46. The molecule has 1 aliphatic heterocycles. The lowest BCUT2D eigenvalue weighted by molar-refractivity contribution is -0.143. The van der Waals surface area contributed by atoms with Gasteiger partial charge in [-0.3, -0.25) is 9.78 Å². The molecule has 0 saturated carbocycles.